The largest absolute Gasteiger partial charge is 0.376 e. The van der Waals surface area contributed by atoms with Gasteiger partial charge in [0, 0.05) is 19.9 Å². The second-order valence-corrected chi connectivity index (χ2v) is 3.43. The van der Waals surface area contributed by atoms with Gasteiger partial charge in [-0.2, -0.15) is 0 Å². The molecule has 2 heteroatoms. The molecule has 0 amide bonds. The monoisotopic (exact) mass is 167 g/mol. The van der Waals surface area contributed by atoms with Gasteiger partial charge in [0.1, 0.15) is 0 Å². The third kappa shape index (κ3) is 2.18. The maximum Gasteiger partial charge on any atom is 0.0855 e. The fourth-order valence-electron chi connectivity index (χ4n) is 1.51. The summed E-state index contributed by atoms with van der Waals surface area (Å²) in [6, 6.07) is 0. The van der Waals surface area contributed by atoms with Crippen molar-refractivity contribution >= 4 is 6.21 Å². The van der Waals surface area contributed by atoms with E-state index in [0.717, 1.165) is 13.0 Å². The van der Waals surface area contributed by atoms with E-state index in [1.54, 1.807) is 7.11 Å². The second-order valence-electron chi connectivity index (χ2n) is 3.43. The number of nitrogens with zero attached hydrogens (tertiary/aromatic N) is 1. The summed E-state index contributed by atoms with van der Waals surface area (Å²) < 4.78 is 5.39. The van der Waals surface area contributed by atoms with E-state index in [-0.39, 0.29) is 6.10 Å². The van der Waals surface area contributed by atoms with Crippen LogP contribution in [0.2, 0.25) is 0 Å². The predicted octanol–water partition coefficient (Wildman–Crippen LogP) is 2.06. The molecule has 0 saturated heterocycles. The van der Waals surface area contributed by atoms with Gasteiger partial charge in [-0.25, -0.2) is 0 Å². The van der Waals surface area contributed by atoms with Crippen molar-refractivity contribution in [2.75, 3.05) is 13.7 Å². The van der Waals surface area contributed by atoms with Gasteiger partial charge in [0.2, 0.25) is 0 Å². The Morgan fingerprint density at radius 2 is 2.25 bits per heavy atom. The quantitative estimate of drug-likeness (QED) is 0.630. The van der Waals surface area contributed by atoms with E-state index >= 15 is 0 Å². The zero-order chi connectivity index (χ0) is 8.97. The standard InChI is InChI=1S/C10H17NO/c1-8(2)10(12-3)9-5-4-6-11-7-9/h5,7-8,10H,4,6H2,1-3H3. The van der Waals surface area contributed by atoms with Crippen LogP contribution in [0.4, 0.5) is 0 Å². The van der Waals surface area contributed by atoms with Gasteiger partial charge >= 0.3 is 0 Å². The molecule has 2 nitrogen and oxygen atoms in total. The smallest absolute Gasteiger partial charge is 0.0855 e. The molecule has 1 heterocycles. The van der Waals surface area contributed by atoms with Crippen molar-refractivity contribution in [1.29, 1.82) is 0 Å². The molecule has 1 rings (SSSR count). The van der Waals surface area contributed by atoms with Crippen LogP contribution in [-0.4, -0.2) is 26.0 Å². The third-order valence-corrected chi connectivity index (χ3v) is 2.07. The van der Waals surface area contributed by atoms with Crippen molar-refractivity contribution in [1.82, 2.24) is 0 Å². The minimum Gasteiger partial charge on any atom is -0.376 e. The molecular weight excluding hydrogens is 150 g/mol. The van der Waals surface area contributed by atoms with E-state index in [2.05, 4.69) is 24.9 Å². The molecule has 68 valence electrons. The predicted molar refractivity (Wildman–Crippen MR) is 51.7 cm³/mol. The molecule has 1 aliphatic rings. The SMILES string of the molecule is COC(C1=CCCN=C1)C(C)C. The molecule has 0 N–H and O–H groups in total. The zero-order valence-electron chi connectivity index (χ0n) is 8.08. The Hall–Kier alpha value is -0.630. The van der Waals surface area contributed by atoms with Crippen molar-refractivity contribution in [2.45, 2.75) is 26.4 Å². The van der Waals surface area contributed by atoms with Crippen LogP contribution in [0.1, 0.15) is 20.3 Å². The van der Waals surface area contributed by atoms with Crippen LogP contribution in [0, 0.1) is 5.92 Å². The second kappa shape index (κ2) is 4.41. The summed E-state index contributed by atoms with van der Waals surface area (Å²) in [5, 5.41) is 0. The maximum absolute atomic E-state index is 5.39. The lowest BCUT2D eigenvalue weighted by molar-refractivity contribution is 0.0984. The van der Waals surface area contributed by atoms with Crippen LogP contribution in [-0.2, 0) is 4.74 Å². The van der Waals surface area contributed by atoms with Crippen molar-refractivity contribution in [3.8, 4) is 0 Å². The summed E-state index contributed by atoms with van der Waals surface area (Å²) >= 11 is 0. The molecule has 0 radical (unpaired) electrons. The first-order chi connectivity index (χ1) is 5.75. The Balaban J connectivity index is 2.65. The Kier molecular flexibility index (Phi) is 3.48. The first-order valence-electron chi connectivity index (χ1n) is 4.48. The van der Waals surface area contributed by atoms with Crippen molar-refractivity contribution < 1.29 is 4.74 Å². The number of hydrogen-bond acceptors (Lipinski definition) is 2. The molecule has 0 aromatic rings. The topological polar surface area (TPSA) is 21.6 Å². The van der Waals surface area contributed by atoms with Crippen molar-refractivity contribution in [3.05, 3.63) is 11.6 Å². The van der Waals surface area contributed by atoms with E-state index in [9.17, 15) is 0 Å². The number of ether oxygens (including phenoxy) is 1. The molecule has 12 heavy (non-hydrogen) atoms. The number of dihydropyridines is 1. The van der Waals surface area contributed by atoms with Gasteiger partial charge in [-0.1, -0.05) is 19.9 Å². The van der Waals surface area contributed by atoms with E-state index < -0.39 is 0 Å². The normalized spacial score (nSPS) is 19.5. The highest BCUT2D eigenvalue weighted by molar-refractivity contribution is 5.80. The molecule has 0 fully saturated rings. The molecule has 1 atom stereocenters. The molecule has 0 bridgehead atoms. The zero-order valence-corrected chi connectivity index (χ0v) is 8.08. The van der Waals surface area contributed by atoms with Crippen LogP contribution in [0.3, 0.4) is 0 Å². The molecule has 0 spiro atoms. The number of hydrogen-bond donors (Lipinski definition) is 0. The van der Waals surface area contributed by atoms with Gasteiger partial charge in [-0.15, -0.1) is 0 Å². The summed E-state index contributed by atoms with van der Waals surface area (Å²) in [6.45, 7) is 5.26. The number of methoxy groups -OCH3 is 1. The Morgan fingerprint density at radius 1 is 1.50 bits per heavy atom. The average molecular weight is 167 g/mol. The summed E-state index contributed by atoms with van der Waals surface area (Å²) in [6.07, 6.45) is 5.44. The molecule has 0 aromatic heterocycles. The minimum absolute atomic E-state index is 0.217. The lowest BCUT2D eigenvalue weighted by atomic mass is 9.98. The molecule has 1 unspecified atom stereocenters. The third-order valence-electron chi connectivity index (χ3n) is 2.07. The van der Waals surface area contributed by atoms with E-state index in [1.165, 1.54) is 5.57 Å². The van der Waals surface area contributed by atoms with E-state index in [4.69, 9.17) is 4.74 Å². The Morgan fingerprint density at radius 3 is 2.67 bits per heavy atom. The van der Waals surface area contributed by atoms with Gasteiger partial charge in [-0.05, 0) is 17.9 Å². The van der Waals surface area contributed by atoms with Gasteiger partial charge < -0.3 is 4.74 Å². The van der Waals surface area contributed by atoms with Gasteiger partial charge in [0.05, 0.1) is 6.10 Å². The lowest BCUT2D eigenvalue weighted by Gasteiger charge is -2.21. The first-order valence-corrected chi connectivity index (χ1v) is 4.48. The molecule has 0 saturated carbocycles. The van der Waals surface area contributed by atoms with E-state index in [1.807, 2.05) is 6.21 Å². The van der Waals surface area contributed by atoms with Crippen LogP contribution in [0.25, 0.3) is 0 Å². The highest BCUT2D eigenvalue weighted by Crippen LogP contribution is 2.16. The highest BCUT2D eigenvalue weighted by Gasteiger charge is 2.16. The minimum atomic E-state index is 0.217. The molecule has 1 aliphatic heterocycles. The maximum atomic E-state index is 5.39. The van der Waals surface area contributed by atoms with Gasteiger partial charge in [0.15, 0.2) is 0 Å². The molecular formula is C10H17NO. The van der Waals surface area contributed by atoms with E-state index in [0.29, 0.717) is 5.92 Å². The van der Waals surface area contributed by atoms with Crippen LogP contribution in [0.15, 0.2) is 16.6 Å². The Labute approximate surface area is 74.3 Å². The van der Waals surface area contributed by atoms with Crippen LogP contribution < -0.4 is 0 Å². The van der Waals surface area contributed by atoms with Gasteiger partial charge in [0.25, 0.3) is 0 Å². The summed E-state index contributed by atoms with van der Waals surface area (Å²) in [5.74, 6) is 0.519. The summed E-state index contributed by atoms with van der Waals surface area (Å²) in [7, 11) is 1.76. The van der Waals surface area contributed by atoms with Crippen molar-refractivity contribution in [2.24, 2.45) is 10.9 Å². The van der Waals surface area contributed by atoms with Crippen LogP contribution >= 0.6 is 0 Å². The first kappa shape index (κ1) is 9.46. The number of aliphatic imine (C=N–C) groups is 1. The number of rotatable bonds is 3. The van der Waals surface area contributed by atoms with Crippen molar-refractivity contribution in [3.63, 3.8) is 0 Å². The fourth-order valence-corrected chi connectivity index (χ4v) is 1.51. The van der Waals surface area contributed by atoms with Crippen LogP contribution in [0.5, 0.6) is 0 Å². The Bertz CT molecular complexity index is 194. The average Bonchev–Trinajstić information content (AvgIpc) is 2.07. The summed E-state index contributed by atoms with van der Waals surface area (Å²) in [4.78, 5) is 4.24. The highest BCUT2D eigenvalue weighted by atomic mass is 16.5. The summed E-state index contributed by atoms with van der Waals surface area (Å²) in [5.41, 5.74) is 1.23. The van der Waals surface area contributed by atoms with Gasteiger partial charge in [-0.3, -0.25) is 4.99 Å². The lowest BCUT2D eigenvalue weighted by Crippen LogP contribution is -2.22. The fraction of sp³-hybridized carbons (Fsp3) is 0.700. The molecule has 0 aromatic carbocycles. The molecule has 0 aliphatic carbocycles.